The number of amides is 1. The highest BCUT2D eigenvalue weighted by Gasteiger charge is 2.15. The summed E-state index contributed by atoms with van der Waals surface area (Å²) in [6.07, 6.45) is 0.477. The highest BCUT2D eigenvalue weighted by molar-refractivity contribution is 5.83. The van der Waals surface area contributed by atoms with E-state index >= 15 is 0 Å². The van der Waals surface area contributed by atoms with E-state index in [-0.39, 0.29) is 5.75 Å². The fourth-order valence-electron chi connectivity index (χ4n) is 1.83. The van der Waals surface area contributed by atoms with Gasteiger partial charge in [-0.25, -0.2) is 0 Å². The molecule has 0 radical (unpaired) electrons. The first-order valence-corrected chi connectivity index (χ1v) is 6.04. The summed E-state index contributed by atoms with van der Waals surface area (Å²) in [5.41, 5.74) is 7.20. The van der Waals surface area contributed by atoms with E-state index in [0.29, 0.717) is 6.42 Å². The van der Waals surface area contributed by atoms with Crippen molar-refractivity contribution in [3.05, 3.63) is 60.2 Å². The number of anilines is 1. The zero-order valence-corrected chi connectivity index (χ0v) is 10.4. The minimum Gasteiger partial charge on any atom is -0.508 e. The van der Waals surface area contributed by atoms with Gasteiger partial charge in [-0.1, -0.05) is 30.3 Å². The van der Waals surface area contributed by atoms with Crippen LogP contribution in [0.1, 0.15) is 5.56 Å². The first kappa shape index (κ1) is 13.0. The molecule has 4 N–H and O–H groups in total. The van der Waals surface area contributed by atoms with Gasteiger partial charge in [0.05, 0.1) is 0 Å². The first-order valence-electron chi connectivity index (χ1n) is 6.04. The number of nitrogens with two attached hydrogens (primary N) is 1. The number of aromatic hydroxyl groups is 1. The predicted octanol–water partition coefficient (Wildman–Crippen LogP) is 1.90. The van der Waals surface area contributed by atoms with Gasteiger partial charge in [-0.3, -0.25) is 4.79 Å². The number of primary amides is 1. The van der Waals surface area contributed by atoms with Crippen molar-refractivity contribution in [2.45, 2.75) is 12.5 Å². The van der Waals surface area contributed by atoms with E-state index in [1.165, 1.54) is 0 Å². The lowest BCUT2D eigenvalue weighted by molar-refractivity contribution is -0.118. The van der Waals surface area contributed by atoms with Crippen LogP contribution in [0.15, 0.2) is 54.6 Å². The maximum atomic E-state index is 11.5. The van der Waals surface area contributed by atoms with Crippen LogP contribution in [0, 0.1) is 0 Å². The molecule has 2 rings (SSSR count). The summed E-state index contributed by atoms with van der Waals surface area (Å²) in [6, 6.07) is 15.7. The van der Waals surface area contributed by atoms with Crippen LogP contribution >= 0.6 is 0 Å². The number of phenolic OH excluding ortho intramolecular Hbond substituents is 1. The van der Waals surface area contributed by atoms with Crippen LogP contribution in [0.3, 0.4) is 0 Å². The maximum Gasteiger partial charge on any atom is 0.240 e. The zero-order valence-electron chi connectivity index (χ0n) is 10.4. The number of benzene rings is 2. The highest BCUT2D eigenvalue weighted by Crippen LogP contribution is 2.14. The summed E-state index contributed by atoms with van der Waals surface area (Å²) >= 11 is 0. The lowest BCUT2D eigenvalue weighted by atomic mass is 10.0. The van der Waals surface area contributed by atoms with E-state index in [4.69, 9.17) is 5.73 Å². The summed E-state index contributed by atoms with van der Waals surface area (Å²) in [6.45, 7) is 0. The lowest BCUT2D eigenvalue weighted by Crippen LogP contribution is -2.37. The molecule has 0 fully saturated rings. The Morgan fingerprint density at radius 1 is 1.11 bits per heavy atom. The SMILES string of the molecule is NC(=O)[C@H](Cc1ccc(O)cc1)Nc1ccccc1. The van der Waals surface area contributed by atoms with Crippen molar-refractivity contribution in [3.63, 3.8) is 0 Å². The smallest absolute Gasteiger partial charge is 0.240 e. The molecular formula is C15H16N2O2. The van der Waals surface area contributed by atoms with E-state index in [1.54, 1.807) is 24.3 Å². The molecule has 0 aliphatic rings. The zero-order chi connectivity index (χ0) is 13.7. The summed E-state index contributed by atoms with van der Waals surface area (Å²) in [4.78, 5) is 11.5. The Hall–Kier alpha value is -2.49. The second kappa shape index (κ2) is 5.91. The van der Waals surface area contributed by atoms with Crippen LogP contribution in [-0.4, -0.2) is 17.1 Å². The predicted molar refractivity (Wildman–Crippen MR) is 74.9 cm³/mol. The molecule has 0 saturated heterocycles. The number of hydrogen-bond donors (Lipinski definition) is 3. The number of phenols is 1. The van der Waals surface area contributed by atoms with Gasteiger partial charge in [-0.15, -0.1) is 0 Å². The van der Waals surface area contributed by atoms with Crippen LogP contribution in [-0.2, 0) is 11.2 Å². The molecule has 0 heterocycles. The van der Waals surface area contributed by atoms with Gasteiger partial charge in [0.25, 0.3) is 0 Å². The topological polar surface area (TPSA) is 75.4 Å². The monoisotopic (exact) mass is 256 g/mol. The number of hydrogen-bond acceptors (Lipinski definition) is 3. The number of nitrogens with one attached hydrogen (secondary N) is 1. The average Bonchev–Trinajstić information content (AvgIpc) is 2.41. The molecule has 98 valence electrons. The van der Waals surface area contributed by atoms with E-state index in [0.717, 1.165) is 11.3 Å². The third-order valence-electron chi connectivity index (χ3n) is 2.83. The van der Waals surface area contributed by atoms with E-state index in [9.17, 15) is 9.90 Å². The molecule has 2 aromatic carbocycles. The Labute approximate surface area is 111 Å². The maximum absolute atomic E-state index is 11.5. The molecule has 19 heavy (non-hydrogen) atoms. The normalized spacial score (nSPS) is 11.8. The largest absolute Gasteiger partial charge is 0.508 e. The standard InChI is InChI=1S/C15H16N2O2/c16-15(19)14(17-12-4-2-1-3-5-12)10-11-6-8-13(18)9-7-11/h1-9,14,17-18H,10H2,(H2,16,19)/t14-/m0/s1. The van der Waals surface area contributed by atoms with Crippen LogP contribution < -0.4 is 11.1 Å². The molecule has 0 unspecified atom stereocenters. The van der Waals surface area contributed by atoms with Gasteiger partial charge in [0.15, 0.2) is 0 Å². The van der Waals surface area contributed by atoms with E-state index < -0.39 is 11.9 Å². The Morgan fingerprint density at radius 2 is 1.74 bits per heavy atom. The summed E-state index contributed by atoms with van der Waals surface area (Å²) < 4.78 is 0. The molecule has 0 bridgehead atoms. The van der Waals surface area contributed by atoms with Gasteiger partial charge in [0.2, 0.25) is 5.91 Å². The quantitative estimate of drug-likeness (QED) is 0.764. The van der Waals surface area contributed by atoms with Gasteiger partial charge in [0.1, 0.15) is 11.8 Å². The fourth-order valence-corrected chi connectivity index (χ4v) is 1.83. The third kappa shape index (κ3) is 3.74. The molecule has 4 nitrogen and oxygen atoms in total. The third-order valence-corrected chi connectivity index (χ3v) is 2.83. The highest BCUT2D eigenvalue weighted by atomic mass is 16.3. The van der Waals surface area contributed by atoms with Gasteiger partial charge in [-0.2, -0.15) is 0 Å². The Morgan fingerprint density at radius 3 is 2.32 bits per heavy atom. The van der Waals surface area contributed by atoms with Gasteiger partial charge in [0, 0.05) is 12.1 Å². The van der Waals surface area contributed by atoms with Crippen molar-refractivity contribution in [2.75, 3.05) is 5.32 Å². The molecule has 0 saturated carbocycles. The number of rotatable bonds is 5. The average molecular weight is 256 g/mol. The van der Waals surface area contributed by atoms with Crippen molar-refractivity contribution >= 4 is 11.6 Å². The second-order valence-corrected chi connectivity index (χ2v) is 4.34. The molecule has 0 aliphatic carbocycles. The number of carbonyl (C=O) groups excluding carboxylic acids is 1. The summed E-state index contributed by atoms with van der Waals surface area (Å²) in [5, 5.41) is 12.3. The fraction of sp³-hybridized carbons (Fsp3) is 0.133. The Balaban J connectivity index is 2.08. The van der Waals surface area contributed by atoms with Crippen molar-refractivity contribution in [2.24, 2.45) is 5.73 Å². The first-order chi connectivity index (χ1) is 9.15. The van der Waals surface area contributed by atoms with Gasteiger partial charge in [-0.05, 0) is 29.8 Å². The minimum absolute atomic E-state index is 0.204. The summed E-state index contributed by atoms with van der Waals surface area (Å²) in [5.74, 6) is -0.202. The van der Waals surface area contributed by atoms with Crippen LogP contribution in [0.25, 0.3) is 0 Å². The molecular weight excluding hydrogens is 240 g/mol. The molecule has 2 aromatic rings. The molecule has 4 heteroatoms. The number of para-hydroxylation sites is 1. The van der Waals surface area contributed by atoms with E-state index in [1.807, 2.05) is 30.3 Å². The van der Waals surface area contributed by atoms with Crippen LogP contribution in [0.4, 0.5) is 5.69 Å². The molecule has 1 atom stereocenters. The number of carbonyl (C=O) groups is 1. The molecule has 0 spiro atoms. The lowest BCUT2D eigenvalue weighted by Gasteiger charge is -2.16. The van der Waals surface area contributed by atoms with Crippen molar-refractivity contribution in [3.8, 4) is 5.75 Å². The minimum atomic E-state index is -0.480. The Bertz CT molecular complexity index is 538. The van der Waals surface area contributed by atoms with Crippen molar-refractivity contribution < 1.29 is 9.90 Å². The second-order valence-electron chi connectivity index (χ2n) is 4.34. The van der Waals surface area contributed by atoms with Crippen molar-refractivity contribution in [1.82, 2.24) is 0 Å². The molecule has 0 aliphatic heterocycles. The molecule has 1 amide bonds. The molecule has 0 aromatic heterocycles. The Kier molecular flexibility index (Phi) is 4.03. The van der Waals surface area contributed by atoms with Crippen LogP contribution in [0.2, 0.25) is 0 Å². The summed E-state index contributed by atoms with van der Waals surface area (Å²) in [7, 11) is 0. The van der Waals surface area contributed by atoms with Gasteiger partial charge >= 0.3 is 0 Å². The van der Waals surface area contributed by atoms with Crippen molar-refractivity contribution in [1.29, 1.82) is 0 Å². The van der Waals surface area contributed by atoms with E-state index in [2.05, 4.69) is 5.32 Å². The van der Waals surface area contributed by atoms with Crippen LogP contribution in [0.5, 0.6) is 5.75 Å². The van der Waals surface area contributed by atoms with Gasteiger partial charge < -0.3 is 16.2 Å².